The van der Waals surface area contributed by atoms with Crippen molar-refractivity contribution in [3.05, 3.63) is 28.2 Å². The van der Waals surface area contributed by atoms with Gasteiger partial charge in [-0.25, -0.2) is 0 Å². The summed E-state index contributed by atoms with van der Waals surface area (Å²) in [6.07, 6.45) is 8.18. The van der Waals surface area contributed by atoms with Crippen LogP contribution in [0.3, 0.4) is 0 Å². The Morgan fingerprint density at radius 1 is 1.48 bits per heavy atom. The summed E-state index contributed by atoms with van der Waals surface area (Å²) in [5.74, 6) is 3.29. The van der Waals surface area contributed by atoms with Gasteiger partial charge >= 0.3 is 0 Å². The second kappa shape index (κ2) is 8.06. The van der Waals surface area contributed by atoms with Crippen molar-refractivity contribution in [3.8, 4) is 18.1 Å². The van der Waals surface area contributed by atoms with Gasteiger partial charge in [-0.1, -0.05) is 21.9 Å². The van der Waals surface area contributed by atoms with E-state index < -0.39 is 0 Å². The molecule has 2 N–H and O–H groups in total. The first-order valence-electron chi connectivity index (χ1n) is 7.06. The van der Waals surface area contributed by atoms with Crippen LogP contribution in [0.5, 0.6) is 5.75 Å². The maximum Gasteiger partial charge on any atom is 0.237 e. The molecule has 0 aromatic heterocycles. The standard InChI is InChI=1S/C16H19BrN2O2/c1-2-9-21-15-7-6-13(17)10-12(15)11-19-14-5-3-4-8-18-16(14)20/h1,6-7,10,14,19H,3-5,8-9,11H2,(H,18,20). The smallest absolute Gasteiger partial charge is 0.237 e. The van der Waals surface area contributed by atoms with Crippen molar-refractivity contribution in [2.75, 3.05) is 13.2 Å². The number of rotatable bonds is 5. The van der Waals surface area contributed by atoms with Gasteiger partial charge in [-0.2, -0.15) is 0 Å². The van der Waals surface area contributed by atoms with Crippen molar-refractivity contribution in [1.29, 1.82) is 0 Å². The lowest BCUT2D eigenvalue weighted by molar-refractivity contribution is -0.122. The number of terminal acetylenes is 1. The Labute approximate surface area is 133 Å². The molecule has 0 radical (unpaired) electrons. The first kappa shape index (κ1) is 15.9. The largest absolute Gasteiger partial charge is 0.481 e. The van der Waals surface area contributed by atoms with Gasteiger partial charge in [0.15, 0.2) is 0 Å². The molecule has 112 valence electrons. The highest BCUT2D eigenvalue weighted by Gasteiger charge is 2.20. The number of ether oxygens (including phenoxy) is 1. The molecule has 1 atom stereocenters. The Hall–Kier alpha value is -1.51. The SMILES string of the molecule is C#CCOc1ccc(Br)cc1CNC1CCCCNC1=O. The second-order valence-electron chi connectivity index (χ2n) is 4.97. The van der Waals surface area contributed by atoms with Gasteiger partial charge in [0.2, 0.25) is 5.91 Å². The molecule has 1 unspecified atom stereocenters. The number of amides is 1. The van der Waals surface area contributed by atoms with E-state index in [-0.39, 0.29) is 18.6 Å². The number of hydrogen-bond acceptors (Lipinski definition) is 3. The zero-order chi connectivity index (χ0) is 15.1. The summed E-state index contributed by atoms with van der Waals surface area (Å²) in [5.41, 5.74) is 0.983. The van der Waals surface area contributed by atoms with E-state index in [1.807, 2.05) is 18.2 Å². The summed E-state index contributed by atoms with van der Waals surface area (Å²) in [6, 6.07) is 5.62. The van der Waals surface area contributed by atoms with E-state index in [2.05, 4.69) is 32.5 Å². The maximum absolute atomic E-state index is 11.9. The summed E-state index contributed by atoms with van der Waals surface area (Å²) >= 11 is 3.45. The third kappa shape index (κ3) is 4.76. The molecule has 1 aliphatic rings. The van der Waals surface area contributed by atoms with Crippen LogP contribution < -0.4 is 15.4 Å². The molecule has 0 aliphatic carbocycles. The molecule has 5 heteroatoms. The van der Waals surface area contributed by atoms with E-state index in [9.17, 15) is 4.79 Å². The van der Waals surface area contributed by atoms with Crippen LogP contribution >= 0.6 is 15.9 Å². The molecule has 1 fully saturated rings. The molecule has 1 aromatic carbocycles. The summed E-state index contributed by atoms with van der Waals surface area (Å²) in [5, 5.41) is 6.23. The Balaban J connectivity index is 2.02. The van der Waals surface area contributed by atoms with Gasteiger partial charge in [0, 0.05) is 23.1 Å². The van der Waals surface area contributed by atoms with E-state index in [4.69, 9.17) is 11.2 Å². The first-order valence-corrected chi connectivity index (χ1v) is 7.86. The average Bonchev–Trinajstić information content (AvgIpc) is 2.68. The molecule has 1 aromatic rings. The van der Waals surface area contributed by atoms with Gasteiger partial charge < -0.3 is 15.4 Å². The Kier molecular flexibility index (Phi) is 6.09. The third-order valence-corrected chi connectivity index (χ3v) is 3.90. The van der Waals surface area contributed by atoms with Crippen molar-refractivity contribution in [2.45, 2.75) is 31.8 Å². The average molecular weight is 351 g/mol. The minimum Gasteiger partial charge on any atom is -0.481 e. The molecule has 2 rings (SSSR count). The lowest BCUT2D eigenvalue weighted by atomic mass is 10.1. The third-order valence-electron chi connectivity index (χ3n) is 3.41. The molecular formula is C16H19BrN2O2. The fourth-order valence-electron chi connectivity index (χ4n) is 2.31. The van der Waals surface area contributed by atoms with Crippen molar-refractivity contribution < 1.29 is 9.53 Å². The van der Waals surface area contributed by atoms with Gasteiger partial charge in [-0.15, -0.1) is 6.42 Å². The fraction of sp³-hybridized carbons (Fsp3) is 0.438. The quantitative estimate of drug-likeness (QED) is 0.800. The van der Waals surface area contributed by atoms with Gasteiger partial charge in [0.05, 0.1) is 6.04 Å². The Morgan fingerprint density at radius 2 is 2.33 bits per heavy atom. The van der Waals surface area contributed by atoms with Crippen molar-refractivity contribution in [3.63, 3.8) is 0 Å². The molecule has 1 saturated heterocycles. The monoisotopic (exact) mass is 350 g/mol. The first-order chi connectivity index (χ1) is 10.2. The number of nitrogens with one attached hydrogen (secondary N) is 2. The lowest BCUT2D eigenvalue weighted by Gasteiger charge is -2.17. The highest BCUT2D eigenvalue weighted by Crippen LogP contribution is 2.23. The van der Waals surface area contributed by atoms with Crippen LogP contribution in [-0.4, -0.2) is 25.1 Å². The van der Waals surface area contributed by atoms with Crippen LogP contribution in [0.4, 0.5) is 0 Å². The number of benzene rings is 1. The van der Waals surface area contributed by atoms with E-state index in [0.717, 1.165) is 41.6 Å². The fourth-order valence-corrected chi connectivity index (χ4v) is 2.72. The van der Waals surface area contributed by atoms with E-state index in [0.29, 0.717) is 6.54 Å². The summed E-state index contributed by atoms with van der Waals surface area (Å²) in [7, 11) is 0. The minimum absolute atomic E-state index is 0.0774. The molecule has 21 heavy (non-hydrogen) atoms. The zero-order valence-corrected chi connectivity index (χ0v) is 13.4. The van der Waals surface area contributed by atoms with Gasteiger partial charge in [-0.05, 0) is 37.5 Å². The van der Waals surface area contributed by atoms with Gasteiger partial charge in [0.25, 0.3) is 0 Å². The summed E-state index contributed by atoms with van der Waals surface area (Å²) in [6.45, 7) is 1.57. The lowest BCUT2D eigenvalue weighted by Crippen LogP contribution is -2.42. The van der Waals surface area contributed by atoms with E-state index in [1.54, 1.807) is 0 Å². The number of carbonyl (C=O) groups is 1. The number of hydrogen-bond donors (Lipinski definition) is 2. The molecule has 4 nitrogen and oxygen atoms in total. The van der Waals surface area contributed by atoms with Crippen molar-refractivity contribution in [1.82, 2.24) is 10.6 Å². The highest BCUT2D eigenvalue weighted by atomic mass is 79.9. The summed E-state index contributed by atoms with van der Waals surface area (Å²) in [4.78, 5) is 11.9. The van der Waals surface area contributed by atoms with Crippen LogP contribution in [0.25, 0.3) is 0 Å². The molecule has 1 heterocycles. The molecule has 0 bridgehead atoms. The van der Waals surface area contributed by atoms with Gasteiger partial charge in [0.1, 0.15) is 12.4 Å². The van der Waals surface area contributed by atoms with Crippen molar-refractivity contribution in [2.24, 2.45) is 0 Å². The van der Waals surface area contributed by atoms with E-state index in [1.165, 1.54) is 0 Å². The number of halogens is 1. The zero-order valence-electron chi connectivity index (χ0n) is 11.8. The van der Waals surface area contributed by atoms with Crippen LogP contribution in [-0.2, 0) is 11.3 Å². The summed E-state index contributed by atoms with van der Waals surface area (Å²) < 4.78 is 6.51. The maximum atomic E-state index is 11.9. The van der Waals surface area contributed by atoms with E-state index >= 15 is 0 Å². The topological polar surface area (TPSA) is 50.4 Å². The Bertz CT molecular complexity index is 540. The van der Waals surface area contributed by atoms with Gasteiger partial charge in [-0.3, -0.25) is 4.79 Å². The highest BCUT2D eigenvalue weighted by molar-refractivity contribution is 9.10. The predicted octanol–water partition coefficient (Wildman–Crippen LogP) is 2.22. The second-order valence-corrected chi connectivity index (χ2v) is 5.88. The molecular weight excluding hydrogens is 332 g/mol. The molecule has 1 aliphatic heterocycles. The van der Waals surface area contributed by atoms with Crippen LogP contribution in [0.1, 0.15) is 24.8 Å². The van der Waals surface area contributed by atoms with Crippen molar-refractivity contribution >= 4 is 21.8 Å². The molecule has 1 amide bonds. The molecule has 0 spiro atoms. The molecule has 0 saturated carbocycles. The number of carbonyl (C=O) groups excluding carboxylic acids is 1. The predicted molar refractivity (Wildman–Crippen MR) is 86.0 cm³/mol. The van der Waals surface area contributed by atoms with Crippen LogP contribution in [0, 0.1) is 12.3 Å². The van der Waals surface area contributed by atoms with Crippen LogP contribution in [0.2, 0.25) is 0 Å². The normalized spacial score (nSPS) is 18.5. The van der Waals surface area contributed by atoms with Crippen LogP contribution in [0.15, 0.2) is 22.7 Å². The minimum atomic E-state index is -0.146. The Morgan fingerprint density at radius 3 is 3.14 bits per heavy atom.